The predicted molar refractivity (Wildman–Crippen MR) is 104 cm³/mol. The molecule has 0 heterocycles. The molecular formula is C20H28O10. The summed E-state index contributed by atoms with van der Waals surface area (Å²) in [6.07, 6.45) is -0.722. The number of hydrogen-bond acceptors (Lipinski definition) is 10. The van der Waals surface area contributed by atoms with Gasteiger partial charge in [0.2, 0.25) is 0 Å². The van der Waals surface area contributed by atoms with Gasteiger partial charge in [0.1, 0.15) is 38.6 Å². The second-order valence-electron chi connectivity index (χ2n) is 6.84. The molecule has 0 saturated heterocycles. The molecule has 0 aromatic heterocycles. The van der Waals surface area contributed by atoms with Crippen molar-refractivity contribution in [1.29, 1.82) is 0 Å². The zero-order chi connectivity index (χ0) is 23.3. The summed E-state index contributed by atoms with van der Waals surface area (Å²) in [4.78, 5) is 46.0. The quantitative estimate of drug-likeness (QED) is 0.224. The van der Waals surface area contributed by atoms with Crippen molar-refractivity contribution in [2.24, 2.45) is 5.41 Å². The van der Waals surface area contributed by atoms with E-state index in [1.54, 1.807) is 0 Å². The average molecular weight is 428 g/mol. The Morgan fingerprint density at radius 3 is 1.67 bits per heavy atom. The third-order valence-corrected chi connectivity index (χ3v) is 3.48. The van der Waals surface area contributed by atoms with Crippen LogP contribution in [0.5, 0.6) is 0 Å². The molecule has 168 valence electrons. The van der Waals surface area contributed by atoms with Gasteiger partial charge >= 0.3 is 23.9 Å². The summed E-state index contributed by atoms with van der Waals surface area (Å²) in [6.45, 7) is 11.4. The highest BCUT2D eigenvalue weighted by molar-refractivity contribution is 5.89. The van der Waals surface area contributed by atoms with Gasteiger partial charge in [-0.15, -0.1) is 0 Å². The number of aliphatic hydroxyl groups is 2. The summed E-state index contributed by atoms with van der Waals surface area (Å²) in [7, 11) is 0. The molecule has 0 aliphatic heterocycles. The summed E-state index contributed by atoms with van der Waals surface area (Å²) in [5.41, 5.74) is -1.22. The zero-order valence-electron chi connectivity index (χ0n) is 17.1. The molecule has 10 heteroatoms. The van der Waals surface area contributed by atoms with Crippen molar-refractivity contribution in [3.8, 4) is 0 Å². The van der Waals surface area contributed by atoms with Crippen molar-refractivity contribution in [1.82, 2.24) is 0 Å². The summed E-state index contributed by atoms with van der Waals surface area (Å²) >= 11 is 0. The molecule has 0 spiro atoms. The first-order chi connectivity index (χ1) is 13.9. The smallest absolute Gasteiger partial charge is 0.333 e. The van der Waals surface area contributed by atoms with Gasteiger partial charge in [0.15, 0.2) is 0 Å². The molecule has 0 aliphatic rings. The van der Waals surface area contributed by atoms with E-state index in [0.29, 0.717) is 0 Å². The van der Waals surface area contributed by atoms with E-state index in [4.69, 9.17) is 9.47 Å². The lowest BCUT2D eigenvalue weighted by molar-refractivity contribution is -0.159. The summed E-state index contributed by atoms with van der Waals surface area (Å²) in [5, 5.41) is 19.3. The zero-order valence-corrected chi connectivity index (χ0v) is 17.1. The number of carbonyl (C=O) groups is 4. The van der Waals surface area contributed by atoms with Crippen molar-refractivity contribution in [3.63, 3.8) is 0 Å². The third-order valence-electron chi connectivity index (χ3n) is 3.48. The molecule has 0 radical (unpaired) electrons. The highest BCUT2D eigenvalue weighted by Gasteiger charge is 2.32. The molecule has 2 atom stereocenters. The van der Waals surface area contributed by atoms with Crippen LogP contribution in [-0.4, -0.2) is 72.7 Å². The van der Waals surface area contributed by atoms with Gasteiger partial charge in [-0.1, -0.05) is 19.7 Å². The molecule has 2 N–H and O–H groups in total. The van der Waals surface area contributed by atoms with Crippen LogP contribution < -0.4 is 0 Å². The van der Waals surface area contributed by atoms with E-state index in [2.05, 4.69) is 29.2 Å². The lowest BCUT2D eigenvalue weighted by atomic mass is 9.86. The maximum atomic E-state index is 12.2. The van der Waals surface area contributed by atoms with Gasteiger partial charge in [-0.3, -0.25) is 4.79 Å². The minimum Gasteiger partial charge on any atom is -0.462 e. The highest BCUT2D eigenvalue weighted by atomic mass is 16.6. The number of aliphatic hydroxyl groups excluding tert-OH is 2. The van der Waals surface area contributed by atoms with Crippen molar-refractivity contribution in [2.45, 2.75) is 32.5 Å². The molecule has 0 aromatic carbocycles. The fourth-order valence-corrected chi connectivity index (χ4v) is 1.89. The van der Waals surface area contributed by atoms with Crippen LogP contribution in [0.2, 0.25) is 0 Å². The van der Waals surface area contributed by atoms with Crippen LogP contribution >= 0.6 is 0 Å². The fraction of sp³-hybridized carbons (Fsp3) is 0.500. The van der Waals surface area contributed by atoms with Crippen LogP contribution in [0.25, 0.3) is 0 Å². The van der Waals surface area contributed by atoms with Gasteiger partial charge in [-0.05, 0) is 20.3 Å². The normalized spacial score (nSPS) is 12.7. The first-order valence-electron chi connectivity index (χ1n) is 8.89. The fourth-order valence-electron chi connectivity index (χ4n) is 1.89. The molecule has 0 fully saturated rings. The molecule has 0 bridgehead atoms. The number of ether oxygens (including phenoxy) is 4. The minimum atomic E-state index is -1.24. The van der Waals surface area contributed by atoms with Gasteiger partial charge in [-0.2, -0.15) is 0 Å². The standard InChI is InChI=1S/C20H28O10/c1-6-16(23)27-9-14(21)11-29-18(25)13(3)8-20(4,5)19(26)30-12-15(22)10-28-17(24)7-2/h6-7,14-15,21-22H,1-3,8-12H2,4-5H3. The largest absolute Gasteiger partial charge is 0.462 e. The number of esters is 4. The van der Waals surface area contributed by atoms with E-state index in [1.165, 1.54) is 13.8 Å². The maximum absolute atomic E-state index is 12.2. The van der Waals surface area contributed by atoms with Gasteiger partial charge in [0, 0.05) is 17.7 Å². The van der Waals surface area contributed by atoms with E-state index in [0.717, 1.165) is 12.2 Å². The van der Waals surface area contributed by atoms with Crippen LogP contribution in [0.15, 0.2) is 37.5 Å². The van der Waals surface area contributed by atoms with E-state index in [1.807, 2.05) is 0 Å². The Kier molecular flexibility index (Phi) is 12.0. The van der Waals surface area contributed by atoms with E-state index >= 15 is 0 Å². The molecule has 0 saturated carbocycles. The van der Waals surface area contributed by atoms with E-state index < -0.39 is 54.7 Å². The number of carbonyl (C=O) groups excluding carboxylic acids is 4. The van der Waals surface area contributed by atoms with Crippen molar-refractivity contribution in [2.75, 3.05) is 26.4 Å². The Balaban J connectivity index is 4.41. The number of hydrogen-bond donors (Lipinski definition) is 2. The predicted octanol–water partition coefficient (Wildman–Crippen LogP) is 0.225. The SMILES string of the molecule is C=CC(=O)OCC(O)COC(=O)C(=C)CC(C)(C)C(=O)OCC(O)COC(=O)C=C. The van der Waals surface area contributed by atoms with Gasteiger partial charge in [0.25, 0.3) is 0 Å². The maximum Gasteiger partial charge on any atom is 0.333 e. The lowest BCUT2D eigenvalue weighted by Gasteiger charge is -2.24. The second-order valence-corrected chi connectivity index (χ2v) is 6.84. The minimum absolute atomic E-state index is 0.0484. The van der Waals surface area contributed by atoms with Gasteiger partial charge in [-0.25, -0.2) is 14.4 Å². The molecule has 10 nitrogen and oxygen atoms in total. The lowest BCUT2D eigenvalue weighted by Crippen LogP contribution is -2.33. The topological polar surface area (TPSA) is 146 Å². The van der Waals surface area contributed by atoms with Crippen molar-refractivity contribution >= 4 is 23.9 Å². The molecule has 0 aromatic rings. The van der Waals surface area contributed by atoms with E-state index in [9.17, 15) is 29.4 Å². The van der Waals surface area contributed by atoms with Crippen molar-refractivity contribution in [3.05, 3.63) is 37.5 Å². The molecule has 30 heavy (non-hydrogen) atoms. The molecule has 2 unspecified atom stereocenters. The van der Waals surface area contributed by atoms with Crippen LogP contribution in [0, 0.1) is 5.41 Å². The molecular weight excluding hydrogens is 400 g/mol. The second kappa shape index (κ2) is 13.3. The Labute approximate surface area is 174 Å². The Morgan fingerprint density at radius 1 is 0.833 bits per heavy atom. The number of rotatable bonds is 14. The van der Waals surface area contributed by atoms with Crippen LogP contribution in [0.3, 0.4) is 0 Å². The molecule has 0 amide bonds. The first kappa shape index (κ1) is 27.0. The monoisotopic (exact) mass is 428 g/mol. The van der Waals surface area contributed by atoms with Crippen molar-refractivity contribution < 1.29 is 48.3 Å². The van der Waals surface area contributed by atoms with Gasteiger partial charge < -0.3 is 29.2 Å². The van der Waals surface area contributed by atoms with E-state index in [-0.39, 0.29) is 25.2 Å². The van der Waals surface area contributed by atoms with Crippen LogP contribution in [0.1, 0.15) is 20.3 Å². The summed E-state index contributed by atoms with van der Waals surface area (Å²) < 4.78 is 19.1. The highest BCUT2D eigenvalue weighted by Crippen LogP contribution is 2.27. The summed E-state index contributed by atoms with van der Waals surface area (Å²) in [5.74, 6) is -3.02. The average Bonchev–Trinajstić information content (AvgIpc) is 2.71. The van der Waals surface area contributed by atoms with Crippen LogP contribution in [-0.2, 0) is 38.1 Å². The molecule has 0 rings (SSSR count). The van der Waals surface area contributed by atoms with Gasteiger partial charge in [0.05, 0.1) is 5.41 Å². The Hall–Kier alpha value is -2.98. The van der Waals surface area contributed by atoms with Crippen LogP contribution in [0.4, 0.5) is 0 Å². The third kappa shape index (κ3) is 11.1. The first-order valence-corrected chi connectivity index (χ1v) is 8.89. The molecule has 0 aliphatic carbocycles. The Bertz CT molecular complexity index is 664. The summed E-state index contributed by atoms with van der Waals surface area (Å²) in [6, 6.07) is 0. The Morgan fingerprint density at radius 2 is 1.23 bits per heavy atom.